The van der Waals surface area contributed by atoms with Crippen LogP contribution in [0.25, 0.3) is 11.0 Å². The van der Waals surface area contributed by atoms with Gasteiger partial charge in [0.15, 0.2) is 5.69 Å². The predicted molar refractivity (Wildman–Crippen MR) is 101 cm³/mol. The summed E-state index contributed by atoms with van der Waals surface area (Å²) in [6.07, 6.45) is 5.38. The number of hydrogen-bond donors (Lipinski definition) is 3. The maximum Gasteiger partial charge on any atom is 0.272 e. The van der Waals surface area contributed by atoms with Gasteiger partial charge < -0.3 is 10.3 Å². The van der Waals surface area contributed by atoms with E-state index in [0.29, 0.717) is 5.69 Å². The quantitative estimate of drug-likeness (QED) is 0.627. The Morgan fingerprint density at radius 1 is 1.15 bits per heavy atom. The lowest BCUT2D eigenvalue weighted by Crippen LogP contribution is -2.33. The Hall–Kier alpha value is -2.63. The Kier molecular flexibility index (Phi) is 4.49. The molecule has 26 heavy (non-hydrogen) atoms. The highest BCUT2D eigenvalue weighted by molar-refractivity contribution is 5.94. The Bertz CT molecular complexity index is 890. The van der Waals surface area contributed by atoms with Crippen molar-refractivity contribution in [3.8, 4) is 0 Å². The number of fused-ring (bicyclic) bond motifs is 2. The molecule has 6 nitrogen and oxygen atoms in total. The van der Waals surface area contributed by atoms with Gasteiger partial charge >= 0.3 is 0 Å². The lowest BCUT2D eigenvalue weighted by atomic mass is 10.0. The maximum absolute atomic E-state index is 13.0. The molecular formula is C20H25N5O. The fourth-order valence-electron chi connectivity index (χ4n) is 3.73. The number of nitrogens with one attached hydrogen (secondary N) is 3. The number of aromatic nitrogens is 4. The van der Waals surface area contributed by atoms with Gasteiger partial charge in [0.2, 0.25) is 0 Å². The van der Waals surface area contributed by atoms with Crippen molar-refractivity contribution in [3.05, 3.63) is 47.0 Å². The van der Waals surface area contributed by atoms with Crippen LogP contribution in [0.5, 0.6) is 0 Å². The minimum atomic E-state index is -0.187. The van der Waals surface area contributed by atoms with Crippen molar-refractivity contribution in [1.29, 1.82) is 0 Å². The molecule has 1 aliphatic rings. The van der Waals surface area contributed by atoms with E-state index in [2.05, 4.69) is 39.3 Å². The largest absolute Gasteiger partial charge is 0.340 e. The van der Waals surface area contributed by atoms with Gasteiger partial charge in [0.1, 0.15) is 5.82 Å². The first-order chi connectivity index (χ1) is 12.6. The number of benzene rings is 1. The monoisotopic (exact) mass is 351 g/mol. The van der Waals surface area contributed by atoms with Gasteiger partial charge in [-0.2, -0.15) is 5.10 Å². The molecule has 1 amide bonds. The summed E-state index contributed by atoms with van der Waals surface area (Å²) in [5, 5.41) is 10.5. The average Bonchev–Trinajstić information content (AvgIpc) is 3.16. The molecule has 0 saturated heterocycles. The van der Waals surface area contributed by atoms with Crippen LogP contribution in [0.1, 0.15) is 66.7 Å². The zero-order valence-corrected chi connectivity index (χ0v) is 15.3. The number of hydrogen-bond acceptors (Lipinski definition) is 3. The zero-order valence-electron chi connectivity index (χ0n) is 15.3. The van der Waals surface area contributed by atoms with E-state index in [0.717, 1.165) is 53.8 Å². The first-order valence-corrected chi connectivity index (χ1v) is 9.45. The minimum Gasteiger partial charge on any atom is -0.340 e. The number of aryl methyl sites for hydroxylation is 1. The third-order valence-corrected chi connectivity index (χ3v) is 5.18. The topological polar surface area (TPSA) is 86.5 Å². The molecule has 1 atom stereocenters. The Morgan fingerprint density at radius 3 is 2.77 bits per heavy atom. The van der Waals surface area contributed by atoms with Gasteiger partial charge in [0.05, 0.1) is 17.1 Å². The summed E-state index contributed by atoms with van der Waals surface area (Å²) in [5.74, 6) is 0.872. The lowest BCUT2D eigenvalue weighted by Gasteiger charge is -2.20. The third-order valence-electron chi connectivity index (χ3n) is 5.18. The fourth-order valence-corrected chi connectivity index (χ4v) is 3.73. The molecule has 4 rings (SSSR count). The van der Waals surface area contributed by atoms with E-state index in [4.69, 9.17) is 0 Å². The van der Waals surface area contributed by atoms with E-state index in [1.54, 1.807) is 0 Å². The van der Waals surface area contributed by atoms with E-state index in [1.165, 1.54) is 6.42 Å². The molecule has 6 heteroatoms. The first kappa shape index (κ1) is 16.8. The van der Waals surface area contributed by atoms with Gasteiger partial charge in [-0.15, -0.1) is 0 Å². The number of nitrogens with zero attached hydrogens (tertiary/aromatic N) is 2. The summed E-state index contributed by atoms with van der Waals surface area (Å²) in [7, 11) is 0. The second kappa shape index (κ2) is 6.94. The van der Waals surface area contributed by atoms with Crippen LogP contribution in [0.3, 0.4) is 0 Å². The van der Waals surface area contributed by atoms with Gasteiger partial charge in [0, 0.05) is 11.3 Å². The number of para-hydroxylation sites is 2. The lowest BCUT2D eigenvalue weighted by molar-refractivity contribution is 0.0917. The smallest absolute Gasteiger partial charge is 0.272 e. The molecule has 3 N–H and O–H groups in total. The van der Waals surface area contributed by atoms with Crippen LogP contribution in [0.15, 0.2) is 24.3 Å². The maximum atomic E-state index is 13.0. The van der Waals surface area contributed by atoms with Crippen LogP contribution in [-0.2, 0) is 12.8 Å². The molecule has 0 saturated carbocycles. The number of carbonyl (C=O) groups excluding carboxylic acids is 1. The fraction of sp³-hybridized carbons (Fsp3) is 0.450. The molecule has 0 spiro atoms. The van der Waals surface area contributed by atoms with Crippen LogP contribution in [0.2, 0.25) is 0 Å². The van der Waals surface area contributed by atoms with Gasteiger partial charge in [-0.3, -0.25) is 9.89 Å². The van der Waals surface area contributed by atoms with Gasteiger partial charge in [-0.1, -0.05) is 32.4 Å². The second-order valence-corrected chi connectivity index (χ2v) is 7.42. The highest BCUT2D eigenvalue weighted by atomic mass is 16.2. The molecule has 1 aliphatic carbocycles. The molecule has 136 valence electrons. The summed E-state index contributed by atoms with van der Waals surface area (Å²) in [4.78, 5) is 21.0. The SMILES string of the molecule is CC(C)[C@H](NC(=O)c1n[nH]c2c1CCCCC2)c1nc2ccccc2[nH]1. The average molecular weight is 351 g/mol. The van der Waals surface area contributed by atoms with Crippen molar-refractivity contribution in [2.75, 3.05) is 0 Å². The van der Waals surface area contributed by atoms with Crippen molar-refractivity contribution in [1.82, 2.24) is 25.5 Å². The minimum absolute atomic E-state index is 0.122. The van der Waals surface area contributed by atoms with E-state index in [9.17, 15) is 4.79 Å². The van der Waals surface area contributed by atoms with Gasteiger partial charge in [-0.05, 0) is 43.7 Å². The second-order valence-electron chi connectivity index (χ2n) is 7.42. The molecule has 2 heterocycles. The van der Waals surface area contributed by atoms with Crippen LogP contribution < -0.4 is 5.32 Å². The number of imidazole rings is 1. The summed E-state index contributed by atoms with van der Waals surface area (Å²) in [6, 6.07) is 7.73. The van der Waals surface area contributed by atoms with Crippen molar-refractivity contribution in [2.45, 2.75) is 52.0 Å². The van der Waals surface area contributed by atoms with Crippen LogP contribution in [0.4, 0.5) is 0 Å². The predicted octanol–water partition coefficient (Wildman–Crippen LogP) is 3.68. The Morgan fingerprint density at radius 2 is 1.96 bits per heavy atom. The molecule has 3 aromatic rings. The standard InChI is InChI=1S/C20H25N5O/c1-12(2)17(19-21-15-10-6-7-11-16(15)22-19)23-20(26)18-13-8-4-3-5-9-14(13)24-25-18/h6-7,10-12,17H,3-5,8-9H2,1-2H3,(H,21,22)(H,23,26)(H,24,25)/t17-/m0/s1. The van der Waals surface area contributed by atoms with Crippen molar-refractivity contribution in [3.63, 3.8) is 0 Å². The number of amides is 1. The Balaban J connectivity index is 1.61. The zero-order chi connectivity index (χ0) is 18.1. The molecule has 1 aromatic carbocycles. The molecule has 0 unspecified atom stereocenters. The summed E-state index contributed by atoms with van der Waals surface area (Å²) >= 11 is 0. The highest BCUT2D eigenvalue weighted by Gasteiger charge is 2.26. The van der Waals surface area contributed by atoms with E-state index in [-0.39, 0.29) is 17.9 Å². The number of aromatic amines is 2. The van der Waals surface area contributed by atoms with E-state index < -0.39 is 0 Å². The molecule has 0 bridgehead atoms. The normalized spacial score (nSPS) is 15.7. The van der Waals surface area contributed by atoms with Gasteiger partial charge in [-0.25, -0.2) is 4.98 Å². The van der Waals surface area contributed by atoms with E-state index >= 15 is 0 Å². The Labute approximate surface area is 152 Å². The van der Waals surface area contributed by atoms with Gasteiger partial charge in [0.25, 0.3) is 5.91 Å². The first-order valence-electron chi connectivity index (χ1n) is 9.45. The van der Waals surface area contributed by atoms with Crippen LogP contribution in [-0.4, -0.2) is 26.1 Å². The summed E-state index contributed by atoms with van der Waals surface area (Å²) in [6.45, 7) is 4.17. The number of rotatable bonds is 4. The van der Waals surface area contributed by atoms with E-state index in [1.807, 2.05) is 24.3 Å². The summed E-state index contributed by atoms with van der Waals surface area (Å²) < 4.78 is 0. The summed E-state index contributed by atoms with van der Waals surface area (Å²) in [5.41, 5.74) is 4.65. The molecule has 0 aliphatic heterocycles. The van der Waals surface area contributed by atoms with Crippen molar-refractivity contribution >= 4 is 16.9 Å². The van der Waals surface area contributed by atoms with Crippen LogP contribution in [0, 0.1) is 5.92 Å². The van der Waals surface area contributed by atoms with Crippen LogP contribution >= 0.6 is 0 Å². The molecular weight excluding hydrogens is 326 g/mol. The van der Waals surface area contributed by atoms with Crippen molar-refractivity contribution < 1.29 is 4.79 Å². The molecule has 0 radical (unpaired) electrons. The molecule has 2 aromatic heterocycles. The highest BCUT2D eigenvalue weighted by Crippen LogP contribution is 2.25. The third kappa shape index (κ3) is 3.11. The molecule has 0 fully saturated rings. The van der Waals surface area contributed by atoms with Crippen molar-refractivity contribution in [2.24, 2.45) is 5.92 Å². The number of carbonyl (C=O) groups is 1. The number of H-pyrrole nitrogens is 2.